The molecule has 1 aromatic rings. The average Bonchev–Trinajstić information content (AvgIpc) is 3.25. The number of alkyl halides is 2. The highest BCUT2D eigenvalue weighted by atomic mass is 19.3. The van der Waals surface area contributed by atoms with Gasteiger partial charge in [0.05, 0.1) is 6.17 Å². The maximum atomic E-state index is 14.3. The lowest BCUT2D eigenvalue weighted by Gasteiger charge is -2.75. The minimum atomic E-state index is -2.56. The summed E-state index contributed by atoms with van der Waals surface area (Å²) >= 11 is 0. The lowest BCUT2D eigenvalue weighted by molar-refractivity contribution is -0.233. The van der Waals surface area contributed by atoms with Gasteiger partial charge in [0.2, 0.25) is 11.8 Å². The lowest BCUT2D eigenvalue weighted by Crippen LogP contribution is -2.79. The van der Waals surface area contributed by atoms with Crippen LogP contribution in [-0.2, 0) is 17.8 Å². The predicted octanol–water partition coefficient (Wildman–Crippen LogP) is 4.06. The smallest absolute Gasteiger partial charge is 0.249 e. The topological polar surface area (TPSA) is 47.6 Å². The SMILES string of the molecule is CCc1ccc(CN(C)C23CC(C4N[C@@H](C(=O)N5CCC6(C5)CC(F)(F)C6)C(C)(C)N4)(C2)C3)cc1F. The molecule has 1 unspecified atom stereocenters. The molecule has 1 amide bonds. The van der Waals surface area contributed by atoms with Crippen LogP contribution in [-0.4, -0.2) is 65.1 Å². The Hall–Kier alpha value is -1.64. The molecule has 4 aliphatic carbocycles. The van der Waals surface area contributed by atoms with Gasteiger partial charge in [-0.3, -0.25) is 20.3 Å². The monoisotopic (exact) mass is 504 g/mol. The Morgan fingerprint density at radius 3 is 2.47 bits per heavy atom. The third-order valence-electron chi connectivity index (χ3n) is 10.2. The number of likely N-dealkylation sites (tertiary alicyclic amines) is 1. The van der Waals surface area contributed by atoms with Crippen LogP contribution in [0, 0.1) is 16.6 Å². The number of carbonyl (C=O) groups is 1. The Morgan fingerprint density at radius 2 is 1.86 bits per heavy atom. The largest absolute Gasteiger partial charge is 0.341 e. The van der Waals surface area contributed by atoms with Crippen molar-refractivity contribution >= 4 is 5.91 Å². The normalized spacial score (nSPS) is 37.1. The van der Waals surface area contributed by atoms with Crippen molar-refractivity contribution in [1.29, 1.82) is 0 Å². The van der Waals surface area contributed by atoms with Crippen LogP contribution in [0.15, 0.2) is 18.2 Å². The maximum absolute atomic E-state index is 14.3. The van der Waals surface area contributed by atoms with E-state index in [1.54, 1.807) is 6.07 Å². The second-order valence-electron chi connectivity index (χ2n) is 13.4. The summed E-state index contributed by atoms with van der Waals surface area (Å²) in [6.45, 7) is 7.85. The first kappa shape index (κ1) is 24.7. The predicted molar refractivity (Wildman–Crippen MR) is 132 cm³/mol. The third-order valence-corrected chi connectivity index (χ3v) is 10.2. The van der Waals surface area contributed by atoms with Crippen LogP contribution in [0.2, 0.25) is 0 Å². The van der Waals surface area contributed by atoms with Crippen LogP contribution in [0.25, 0.3) is 0 Å². The Bertz CT molecular complexity index is 1060. The maximum Gasteiger partial charge on any atom is 0.249 e. The molecule has 2 atom stereocenters. The van der Waals surface area contributed by atoms with Gasteiger partial charge < -0.3 is 4.90 Å². The number of benzene rings is 1. The van der Waals surface area contributed by atoms with Gasteiger partial charge in [-0.05, 0) is 70.2 Å². The van der Waals surface area contributed by atoms with Crippen molar-refractivity contribution in [3.05, 3.63) is 35.1 Å². The van der Waals surface area contributed by atoms with Crippen molar-refractivity contribution in [3.63, 3.8) is 0 Å². The van der Waals surface area contributed by atoms with Gasteiger partial charge in [0.25, 0.3) is 0 Å². The van der Waals surface area contributed by atoms with Crippen molar-refractivity contribution in [2.45, 2.75) is 101 Å². The standard InChI is InChI=1S/C28H39F3N4O/c1-5-19-7-6-18(10-20(19)29)11-34(4)27-14-26(15-27,16-27)23-32-21(24(2,3)33-23)22(36)35-9-8-25(17-35)12-28(30,31)13-25/h6-7,10,21,23,32-33H,5,8-9,11-17H2,1-4H3/t21-,23?,26?,27?/m0/s1. The summed E-state index contributed by atoms with van der Waals surface area (Å²) in [6, 6.07) is 5.24. The van der Waals surface area contributed by atoms with Crippen molar-refractivity contribution in [2.75, 3.05) is 20.1 Å². The molecular formula is C28H39F3N4O. The van der Waals surface area contributed by atoms with E-state index in [0.717, 1.165) is 36.9 Å². The van der Waals surface area contributed by atoms with Gasteiger partial charge in [-0.25, -0.2) is 13.2 Å². The molecule has 1 aromatic carbocycles. The first-order valence-corrected chi connectivity index (χ1v) is 13.5. The molecule has 36 heavy (non-hydrogen) atoms. The van der Waals surface area contributed by atoms with Gasteiger partial charge in [0.15, 0.2) is 0 Å². The molecule has 2 bridgehead atoms. The molecule has 2 N–H and O–H groups in total. The first-order valence-electron chi connectivity index (χ1n) is 13.5. The minimum Gasteiger partial charge on any atom is -0.341 e. The Kier molecular flexibility index (Phi) is 5.28. The molecule has 0 aromatic heterocycles. The Morgan fingerprint density at radius 1 is 1.17 bits per heavy atom. The first-order chi connectivity index (χ1) is 16.8. The number of nitrogens with one attached hydrogen (secondary N) is 2. The van der Waals surface area contributed by atoms with E-state index in [2.05, 4.69) is 36.4 Å². The van der Waals surface area contributed by atoms with Crippen LogP contribution < -0.4 is 10.6 Å². The van der Waals surface area contributed by atoms with Gasteiger partial charge in [-0.1, -0.05) is 19.1 Å². The zero-order valence-corrected chi connectivity index (χ0v) is 21.9. The highest BCUT2D eigenvalue weighted by molar-refractivity contribution is 5.84. The van der Waals surface area contributed by atoms with Gasteiger partial charge in [0, 0.05) is 54.4 Å². The van der Waals surface area contributed by atoms with Gasteiger partial charge >= 0.3 is 0 Å². The number of carbonyl (C=O) groups excluding carboxylic acids is 1. The molecule has 4 saturated carbocycles. The fraction of sp³-hybridized carbons (Fsp3) is 0.750. The summed E-state index contributed by atoms with van der Waals surface area (Å²) in [6.07, 6.45) is 4.43. The van der Waals surface area contributed by atoms with Crippen LogP contribution in [0.4, 0.5) is 13.2 Å². The van der Waals surface area contributed by atoms with E-state index in [-0.39, 0.29) is 53.1 Å². The molecule has 8 heteroatoms. The average molecular weight is 505 g/mol. The Labute approximate surface area is 212 Å². The van der Waals surface area contributed by atoms with Gasteiger partial charge in [0.1, 0.15) is 11.9 Å². The summed E-state index contributed by atoms with van der Waals surface area (Å²) < 4.78 is 41.3. The highest BCUT2D eigenvalue weighted by Gasteiger charge is 2.73. The molecule has 2 heterocycles. The van der Waals surface area contributed by atoms with E-state index in [0.29, 0.717) is 25.9 Å². The van der Waals surface area contributed by atoms with Crippen molar-refractivity contribution in [1.82, 2.24) is 20.4 Å². The fourth-order valence-corrected chi connectivity index (χ4v) is 8.16. The summed E-state index contributed by atoms with van der Waals surface area (Å²) in [5, 5.41) is 7.33. The summed E-state index contributed by atoms with van der Waals surface area (Å²) in [7, 11) is 2.13. The molecule has 2 aliphatic heterocycles. The van der Waals surface area contributed by atoms with Crippen LogP contribution in [0.1, 0.15) is 70.4 Å². The molecule has 7 rings (SSSR count). The summed E-state index contributed by atoms with van der Waals surface area (Å²) in [4.78, 5) is 17.7. The number of halogens is 3. The molecule has 2 saturated heterocycles. The second-order valence-corrected chi connectivity index (χ2v) is 13.4. The van der Waals surface area contributed by atoms with Crippen LogP contribution in [0.5, 0.6) is 0 Å². The Balaban J connectivity index is 1.06. The van der Waals surface area contributed by atoms with E-state index >= 15 is 0 Å². The molecule has 6 aliphatic rings. The van der Waals surface area contributed by atoms with Crippen LogP contribution in [0.3, 0.4) is 0 Å². The van der Waals surface area contributed by atoms with E-state index in [1.165, 1.54) is 0 Å². The van der Waals surface area contributed by atoms with Crippen molar-refractivity contribution < 1.29 is 18.0 Å². The van der Waals surface area contributed by atoms with E-state index in [4.69, 9.17) is 0 Å². The van der Waals surface area contributed by atoms with E-state index < -0.39 is 11.5 Å². The second kappa shape index (κ2) is 7.70. The highest BCUT2D eigenvalue weighted by Crippen LogP contribution is 2.71. The molecule has 6 fully saturated rings. The number of hydrogen-bond acceptors (Lipinski definition) is 4. The van der Waals surface area contributed by atoms with Crippen molar-refractivity contribution in [3.8, 4) is 0 Å². The number of nitrogens with zero attached hydrogens (tertiary/aromatic N) is 2. The lowest BCUT2D eigenvalue weighted by atomic mass is 9.37. The number of aryl methyl sites for hydroxylation is 1. The van der Waals surface area contributed by atoms with Crippen molar-refractivity contribution in [2.24, 2.45) is 10.8 Å². The molecule has 5 nitrogen and oxygen atoms in total. The fourth-order valence-electron chi connectivity index (χ4n) is 8.16. The number of hydrogen-bond donors (Lipinski definition) is 2. The molecule has 0 radical (unpaired) electrons. The van der Waals surface area contributed by atoms with E-state index in [9.17, 15) is 18.0 Å². The summed E-state index contributed by atoms with van der Waals surface area (Å²) in [5.41, 5.74) is 1.24. The number of rotatable bonds is 6. The molecule has 1 spiro atoms. The quantitative estimate of drug-likeness (QED) is 0.614. The minimum absolute atomic E-state index is 0.0399. The van der Waals surface area contributed by atoms with E-state index in [1.807, 2.05) is 24.0 Å². The summed E-state index contributed by atoms with van der Waals surface area (Å²) in [5.74, 6) is -2.64. The molecular weight excluding hydrogens is 465 g/mol. The zero-order valence-electron chi connectivity index (χ0n) is 21.9. The van der Waals surface area contributed by atoms with Gasteiger partial charge in [-0.15, -0.1) is 0 Å². The molecule has 198 valence electrons. The zero-order chi connectivity index (χ0) is 25.7. The third kappa shape index (κ3) is 3.65. The van der Waals surface area contributed by atoms with Crippen LogP contribution >= 0.6 is 0 Å². The number of amides is 1. The van der Waals surface area contributed by atoms with Gasteiger partial charge in [-0.2, -0.15) is 0 Å².